The van der Waals surface area contributed by atoms with Gasteiger partial charge in [0.05, 0.1) is 0 Å². The highest BCUT2D eigenvalue weighted by Gasteiger charge is 2.47. The van der Waals surface area contributed by atoms with E-state index >= 15 is 0 Å². The average Bonchev–Trinajstić information content (AvgIpc) is 2.27. The Kier molecular flexibility index (Phi) is 3.84. The minimum Gasteiger partial charge on any atom is -0.289 e. The fourth-order valence-corrected chi connectivity index (χ4v) is 2.17. The zero-order chi connectivity index (χ0) is 13.6. The fraction of sp³-hybridized carbons (Fsp3) is 0.167. The van der Waals surface area contributed by atoms with Gasteiger partial charge >= 0.3 is 0 Å². The molecule has 0 aliphatic carbocycles. The van der Waals surface area contributed by atoms with Crippen molar-refractivity contribution in [2.75, 3.05) is 0 Å². The summed E-state index contributed by atoms with van der Waals surface area (Å²) in [5, 5.41) is 13.2. The first-order chi connectivity index (χ1) is 8.23. The second kappa shape index (κ2) is 4.81. The van der Waals surface area contributed by atoms with E-state index in [9.17, 15) is 5.11 Å². The monoisotopic (exact) mass is 341 g/mol. The molecule has 0 bridgehead atoms. The van der Waals surface area contributed by atoms with Crippen LogP contribution in [0.1, 0.15) is 5.56 Å². The summed E-state index contributed by atoms with van der Waals surface area (Å²) in [7, 11) is 0. The van der Waals surface area contributed by atoms with Crippen LogP contribution in [0.25, 0.3) is 10.8 Å². The molecule has 2 aromatic carbocycles. The maximum absolute atomic E-state index is 11.9. The van der Waals surface area contributed by atoms with E-state index in [-0.39, 0.29) is 11.3 Å². The summed E-state index contributed by atoms with van der Waals surface area (Å²) >= 11 is 29.3. The summed E-state index contributed by atoms with van der Waals surface area (Å²) in [5.41, 5.74) is 0.259. The van der Waals surface area contributed by atoms with Crippen molar-refractivity contribution in [3.63, 3.8) is 0 Å². The van der Waals surface area contributed by atoms with Crippen LogP contribution in [-0.2, 0) is 9.44 Å². The summed E-state index contributed by atoms with van der Waals surface area (Å²) in [5.74, 6) is -0.219. The largest absolute Gasteiger partial charge is 0.289 e. The van der Waals surface area contributed by atoms with Crippen molar-refractivity contribution in [2.45, 2.75) is 8.13 Å². The molecule has 95 valence electrons. The third-order valence-corrected chi connectivity index (χ3v) is 4.98. The van der Waals surface area contributed by atoms with E-state index in [0.717, 1.165) is 0 Å². The molecule has 0 aliphatic rings. The molecule has 1 nitrogen and oxygen atoms in total. The van der Waals surface area contributed by atoms with E-state index in [2.05, 4.69) is 0 Å². The molecule has 2 rings (SSSR count). The number of rotatable bonds is 1. The molecule has 0 atom stereocenters. The third-order valence-electron chi connectivity index (χ3n) is 2.54. The van der Waals surface area contributed by atoms with Gasteiger partial charge in [0.25, 0.3) is 0 Å². The predicted molar refractivity (Wildman–Crippen MR) is 77.8 cm³/mol. The number of hydrogen-bond donors (Lipinski definition) is 0. The van der Waals surface area contributed by atoms with Crippen molar-refractivity contribution in [2.24, 2.45) is 0 Å². The first kappa shape index (κ1) is 14.4. The molecule has 1 radical (unpaired) electrons. The molecule has 6 heteroatoms. The van der Waals surface area contributed by atoms with Gasteiger partial charge in [-0.2, -0.15) is 0 Å². The van der Waals surface area contributed by atoms with Gasteiger partial charge in [0, 0.05) is 5.39 Å². The zero-order valence-corrected chi connectivity index (χ0v) is 12.5. The summed E-state index contributed by atoms with van der Waals surface area (Å²) < 4.78 is -3.73. The van der Waals surface area contributed by atoms with Gasteiger partial charge in [0.2, 0.25) is 3.79 Å². The van der Waals surface area contributed by atoms with E-state index < -0.39 is 8.13 Å². The van der Waals surface area contributed by atoms with Gasteiger partial charge in [-0.1, -0.05) is 82.3 Å². The van der Waals surface area contributed by atoms with Crippen LogP contribution in [0.4, 0.5) is 0 Å². The normalized spacial score (nSPS) is 12.9. The lowest BCUT2D eigenvalue weighted by Gasteiger charge is -2.27. The van der Waals surface area contributed by atoms with Gasteiger partial charge in [0.1, 0.15) is 0 Å². The predicted octanol–water partition coefficient (Wildman–Crippen LogP) is 5.98. The lowest BCUT2D eigenvalue weighted by atomic mass is 10.0. The van der Waals surface area contributed by atoms with E-state index in [4.69, 9.17) is 58.0 Å². The number of fused-ring (bicyclic) bond motifs is 1. The highest BCUT2D eigenvalue weighted by atomic mass is 35.6. The molecular formula is C12H6Cl5O. The van der Waals surface area contributed by atoms with E-state index in [1.807, 2.05) is 0 Å². The Morgan fingerprint density at radius 2 is 1.50 bits per heavy atom. The molecule has 2 aromatic rings. The fourth-order valence-electron chi connectivity index (χ4n) is 1.62. The van der Waals surface area contributed by atoms with Crippen molar-refractivity contribution in [1.29, 1.82) is 0 Å². The molecular weight excluding hydrogens is 337 g/mol. The Morgan fingerprint density at radius 1 is 0.889 bits per heavy atom. The molecule has 0 aliphatic heterocycles. The minimum atomic E-state index is -1.94. The van der Waals surface area contributed by atoms with E-state index in [1.54, 1.807) is 30.3 Å². The summed E-state index contributed by atoms with van der Waals surface area (Å²) in [6.45, 7) is 0. The first-order valence-electron chi connectivity index (χ1n) is 4.88. The lowest BCUT2D eigenvalue weighted by Crippen LogP contribution is -2.28. The Bertz CT molecular complexity index is 589. The Morgan fingerprint density at radius 3 is 2.11 bits per heavy atom. The first-order valence-corrected chi connectivity index (χ1v) is 6.77. The Balaban J connectivity index is 2.67. The molecule has 0 amide bonds. The van der Waals surface area contributed by atoms with Crippen LogP contribution < -0.4 is 0 Å². The summed E-state index contributed by atoms with van der Waals surface area (Å²) in [6.07, 6.45) is 0. The van der Waals surface area contributed by atoms with Crippen molar-refractivity contribution < 1.29 is 5.11 Å². The van der Waals surface area contributed by atoms with Crippen LogP contribution in [-0.4, -0.2) is 3.79 Å². The van der Waals surface area contributed by atoms with E-state index in [1.165, 1.54) is 6.07 Å². The van der Waals surface area contributed by atoms with Gasteiger partial charge < -0.3 is 0 Å². The molecule has 0 N–H and O–H groups in total. The third kappa shape index (κ3) is 2.48. The summed E-state index contributed by atoms with van der Waals surface area (Å²) in [6, 6.07) is 9.96. The van der Waals surface area contributed by atoms with Crippen molar-refractivity contribution in [3.8, 4) is 5.75 Å². The maximum Gasteiger partial charge on any atom is 0.227 e. The number of alkyl halides is 5. The van der Waals surface area contributed by atoms with Crippen LogP contribution in [0, 0.1) is 0 Å². The zero-order valence-electron chi connectivity index (χ0n) is 8.76. The van der Waals surface area contributed by atoms with E-state index in [0.29, 0.717) is 10.8 Å². The average molecular weight is 343 g/mol. The standard InChI is InChI=1S/C12H6Cl5O/c13-11(14,12(15,16)17)8-5-7-3-1-2-4-9(7)10(18)6-8/h1-6H. The lowest BCUT2D eigenvalue weighted by molar-refractivity contribution is 0.359. The molecule has 0 unspecified atom stereocenters. The van der Waals surface area contributed by atoms with Gasteiger partial charge in [-0.05, 0) is 23.1 Å². The number of halogens is 5. The van der Waals surface area contributed by atoms with Gasteiger partial charge in [-0.25, -0.2) is 0 Å². The molecule has 18 heavy (non-hydrogen) atoms. The molecule has 0 saturated heterocycles. The van der Waals surface area contributed by atoms with Crippen molar-refractivity contribution >= 4 is 68.8 Å². The van der Waals surface area contributed by atoms with Gasteiger partial charge in [-0.15, -0.1) is 0 Å². The Hall–Kier alpha value is -0.0500. The maximum atomic E-state index is 11.9. The SMILES string of the molecule is [O]c1cc(C(Cl)(Cl)C(Cl)(Cl)Cl)cc2ccccc12. The topological polar surface area (TPSA) is 19.9 Å². The second-order valence-electron chi connectivity index (χ2n) is 3.77. The van der Waals surface area contributed by atoms with Crippen molar-refractivity contribution in [3.05, 3.63) is 42.0 Å². The number of hydrogen-bond acceptors (Lipinski definition) is 0. The number of benzene rings is 2. The van der Waals surface area contributed by atoms with Crippen LogP contribution in [0.3, 0.4) is 0 Å². The quantitative estimate of drug-likeness (QED) is 0.567. The van der Waals surface area contributed by atoms with Crippen LogP contribution >= 0.6 is 58.0 Å². The highest BCUT2D eigenvalue weighted by molar-refractivity contribution is 6.75. The molecule has 0 spiro atoms. The van der Waals surface area contributed by atoms with Gasteiger partial charge in [0.15, 0.2) is 10.1 Å². The molecule has 0 fully saturated rings. The van der Waals surface area contributed by atoms with Crippen LogP contribution in [0.2, 0.25) is 0 Å². The smallest absolute Gasteiger partial charge is 0.227 e. The molecule has 0 heterocycles. The van der Waals surface area contributed by atoms with Crippen LogP contribution in [0.5, 0.6) is 5.75 Å². The van der Waals surface area contributed by atoms with Gasteiger partial charge in [-0.3, -0.25) is 5.11 Å². The summed E-state index contributed by atoms with van der Waals surface area (Å²) in [4.78, 5) is 0. The molecule has 0 aromatic heterocycles. The van der Waals surface area contributed by atoms with Crippen LogP contribution in [0.15, 0.2) is 36.4 Å². The highest BCUT2D eigenvalue weighted by Crippen LogP contribution is 2.53. The minimum absolute atomic E-state index is 0.219. The second-order valence-corrected chi connectivity index (χ2v) is 7.38. The van der Waals surface area contributed by atoms with Crippen molar-refractivity contribution in [1.82, 2.24) is 0 Å². The Labute approximate surface area is 129 Å². The molecule has 0 saturated carbocycles.